The standard InChI is InChI=1S/C9H11NS/c1-3-9(5-10-6-9)7-2-4-11-8(1)7/h2,4,10H,1,3,5-6H2. The molecule has 1 N–H and O–H groups in total. The van der Waals surface area contributed by atoms with Gasteiger partial charge >= 0.3 is 0 Å². The van der Waals surface area contributed by atoms with Crippen molar-refractivity contribution in [3.8, 4) is 0 Å². The Morgan fingerprint density at radius 1 is 1.45 bits per heavy atom. The maximum Gasteiger partial charge on any atom is 0.0217 e. The van der Waals surface area contributed by atoms with E-state index < -0.39 is 0 Å². The average molecular weight is 165 g/mol. The highest BCUT2D eigenvalue weighted by atomic mass is 32.1. The van der Waals surface area contributed by atoms with Crippen LogP contribution in [-0.2, 0) is 11.8 Å². The minimum atomic E-state index is 0.579. The van der Waals surface area contributed by atoms with E-state index in [0.717, 1.165) is 0 Å². The lowest BCUT2D eigenvalue weighted by Gasteiger charge is -2.39. The molecule has 1 aliphatic carbocycles. The van der Waals surface area contributed by atoms with Crippen LogP contribution in [0.3, 0.4) is 0 Å². The lowest BCUT2D eigenvalue weighted by molar-refractivity contribution is 0.276. The third kappa shape index (κ3) is 0.644. The van der Waals surface area contributed by atoms with Crippen molar-refractivity contribution in [1.29, 1.82) is 0 Å². The van der Waals surface area contributed by atoms with Gasteiger partial charge in [-0.3, -0.25) is 0 Å². The summed E-state index contributed by atoms with van der Waals surface area (Å²) in [4.78, 5) is 1.64. The van der Waals surface area contributed by atoms with E-state index in [1.54, 1.807) is 10.4 Å². The molecule has 2 aliphatic rings. The first-order valence-electron chi connectivity index (χ1n) is 4.18. The Kier molecular flexibility index (Phi) is 1.06. The lowest BCUT2D eigenvalue weighted by Crippen LogP contribution is -2.55. The molecule has 1 nitrogen and oxygen atoms in total. The Balaban J connectivity index is 2.12. The SMILES string of the molecule is c1cc2c(s1)CCC21CNC1. The maximum absolute atomic E-state index is 3.38. The van der Waals surface area contributed by atoms with Crippen LogP contribution in [0.15, 0.2) is 11.4 Å². The van der Waals surface area contributed by atoms with Gasteiger partial charge in [-0.1, -0.05) is 0 Å². The van der Waals surface area contributed by atoms with Crippen molar-refractivity contribution in [2.75, 3.05) is 13.1 Å². The molecule has 2 heteroatoms. The fourth-order valence-electron chi connectivity index (χ4n) is 2.29. The third-order valence-electron chi connectivity index (χ3n) is 3.07. The predicted molar refractivity (Wildman–Crippen MR) is 47.2 cm³/mol. The number of rotatable bonds is 0. The van der Waals surface area contributed by atoms with E-state index in [-0.39, 0.29) is 0 Å². The lowest BCUT2D eigenvalue weighted by atomic mass is 9.77. The average Bonchev–Trinajstić information content (AvgIpc) is 2.38. The first kappa shape index (κ1) is 6.21. The van der Waals surface area contributed by atoms with E-state index in [9.17, 15) is 0 Å². The molecular weight excluding hydrogens is 154 g/mol. The van der Waals surface area contributed by atoms with E-state index >= 15 is 0 Å². The molecule has 1 spiro atoms. The number of hydrogen-bond acceptors (Lipinski definition) is 2. The summed E-state index contributed by atoms with van der Waals surface area (Å²) in [6, 6.07) is 2.33. The van der Waals surface area contributed by atoms with Crippen LogP contribution in [0.25, 0.3) is 0 Å². The Morgan fingerprint density at radius 2 is 2.36 bits per heavy atom. The maximum atomic E-state index is 3.38. The van der Waals surface area contributed by atoms with Crippen molar-refractivity contribution in [2.24, 2.45) is 0 Å². The van der Waals surface area contributed by atoms with Crippen molar-refractivity contribution >= 4 is 11.3 Å². The van der Waals surface area contributed by atoms with Gasteiger partial charge < -0.3 is 5.32 Å². The Morgan fingerprint density at radius 3 is 3.09 bits per heavy atom. The van der Waals surface area contributed by atoms with Crippen molar-refractivity contribution in [3.63, 3.8) is 0 Å². The van der Waals surface area contributed by atoms with Crippen LogP contribution in [0.2, 0.25) is 0 Å². The molecule has 1 aliphatic heterocycles. The van der Waals surface area contributed by atoms with Gasteiger partial charge in [0.1, 0.15) is 0 Å². The molecule has 1 aromatic heterocycles. The summed E-state index contributed by atoms with van der Waals surface area (Å²) >= 11 is 1.94. The molecule has 0 aromatic carbocycles. The summed E-state index contributed by atoms with van der Waals surface area (Å²) in [6.07, 6.45) is 2.72. The van der Waals surface area contributed by atoms with Gasteiger partial charge in [0, 0.05) is 23.4 Å². The van der Waals surface area contributed by atoms with Crippen LogP contribution < -0.4 is 5.32 Å². The first-order chi connectivity index (χ1) is 5.41. The summed E-state index contributed by atoms with van der Waals surface area (Å²) < 4.78 is 0. The second-order valence-corrected chi connectivity index (χ2v) is 4.64. The van der Waals surface area contributed by atoms with Gasteiger partial charge in [0.2, 0.25) is 0 Å². The Hall–Kier alpha value is -0.340. The normalized spacial score (nSPS) is 25.1. The molecule has 1 aromatic rings. The van der Waals surface area contributed by atoms with Gasteiger partial charge in [0.25, 0.3) is 0 Å². The number of thiophene rings is 1. The summed E-state index contributed by atoms with van der Waals surface area (Å²) in [5, 5.41) is 5.62. The van der Waals surface area contributed by atoms with Crippen molar-refractivity contribution in [3.05, 3.63) is 21.9 Å². The number of fused-ring (bicyclic) bond motifs is 2. The fourth-order valence-corrected chi connectivity index (χ4v) is 3.29. The second-order valence-electron chi connectivity index (χ2n) is 3.64. The van der Waals surface area contributed by atoms with Crippen LogP contribution in [0, 0.1) is 0 Å². The smallest absolute Gasteiger partial charge is 0.0217 e. The quantitative estimate of drug-likeness (QED) is 0.615. The third-order valence-corrected chi connectivity index (χ3v) is 4.05. The van der Waals surface area contributed by atoms with Gasteiger partial charge in [0.15, 0.2) is 0 Å². The molecule has 2 heterocycles. The molecule has 0 unspecified atom stereocenters. The zero-order valence-electron chi connectivity index (χ0n) is 6.39. The van der Waals surface area contributed by atoms with Gasteiger partial charge in [0.05, 0.1) is 0 Å². The first-order valence-corrected chi connectivity index (χ1v) is 5.06. The molecule has 1 fully saturated rings. The summed E-state index contributed by atoms with van der Waals surface area (Å²) in [7, 11) is 0. The summed E-state index contributed by atoms with van der Waals surface area (Å²) in [5.41, 5.74) is 2.23. The number of hydrogen-bond donors (Lipinski definition) is 1. The van der Waals surface area contributed by atoms with E-state index in [2.05, 4.69) is 16.8 Å². The minimum absolute atomic E-state index is 0.579. The molecule has 0 saturated carbocycles. The molecular formula is C9H11NS. The topological polar surface area (TPSA) is 12.0 Å². The molecule has 11 heavy (non-hydrogen) atoms. The van der Waals surface area contributed by atoms with Crippen LogP contribution in [0.4, 0.5) is 0 Å². The summed E-state index contributed by atoms with van der Waals surface area (Å²) in [6.45, 7) is 2.44. The fraction of sp³-hybridized carbons (Fsp3) is 0.556. The highest BCUT2D eigenvalue weighted by Crippen LogP contribution is 2.43. The molecule has 0 amide bonds. The molecule has 0 radical (unpaired) electrons. The van der Waals surface area contributed by atoms with Crippen molar-refractivity contribution < 1.29 is 0 Å². The molecule has 3 rings (SSSR count). The van der Waals surface area contributed by atoms with E-state index in [4.69, 9.17) is 0 Å². The van der Waals surface area contributed by atoms with Crippen LogP contribution in [0.5, 0.6) is 0 Å². The minimum Gasteiger partial charge on any atom is -0.315 e. The monoisotopic (exact) mass is 165 g/mol. The van der Waals surface area contributed by atoms with Gasteiger partial charge in [-0.25, -0.2) is 0 Å². The van der Waals surface area contributed by atoms with Gasteiger partial charge in [-0.15, -0.1) is 11.3 Å². The largest absolute Gasteiger partial charge is 0.315 e. The second kappa shape index (κ2) is 1.87. The highest BCUT2D eigenvalue weighted by molar-refractivity contribution is 7.10. The zero-order chi connectivity index (χ0) is 7.31. The highest BCUT2D eigenvalue weighted by Gasteiger charge is 2.43. The Bertz CT molecular complexity index is 286. The van der Waals surface area contributed by atoms with Gasteiger partial charge in [-0.05, 0) is 29.9 Å². The van der Waals surface area contributed by atoms with Crippen LogP contribution >= 0.6 is 11.3 Å². The van der Waals surface area contributed by atoms with E-state index in [1.165, 1.54) is 25.9 Å². The number of nitrogens with one attached hydrogen (secondary N) is 1. The van der Waals surface area contributed by atoms with Crippen LogP contribution in [0.1, 0.15) is 16.9 Å². The van der Waals surface area contributed by atoms with E-state index in [0.29, 0.717) is 5.41 Å². The van der Waals surface area contributed by atoms with Gasteiger partial charge in [-0.2, -0.15) is 0 Å². The Labute approximate surface area is 70.4 Å². The molecule has 58 valence electrons. The molecule has 1 saturated heterocycles. The molecule has 0 bridgehead atoms. The molecule has 0 atom stereocenters. The summed E-state index contributed by atoms with van der Waals surface area (Å²) in [5.74, 6) is 0. The number of aryl methyl sites for hydroxylation is 1. The predicted octanol–water partition coefficient (Wildman–Crippen LogP) is 1.54. The van der Waals surface area contributed by atoms with Crippen LogP contribution in [-0.4, -0.2) is 13.1 Å². The van der Waals surface area contributed by atoms with Crippen molar-refractivity contribution in [2.45, 2.75) is 18.3 Å². The van der Waals surface area contributed by atoms with Crippen molar-refractivity contribution in [1.82, 2.24) is 5.32 Å². The van der Waals surface area contributed by atoms with E-state index in [1.807, 2.05) is 11.3 Å². The zero-order valence-corrected chi connectivity index (χ0v) is 7.21.